The van der Waals surface area contributed by atoms with Gasteiger partial charge in [0.15, 0.2) is 0 Å². The molecule has 0 aromatic heterocycles. The van der Waals surface area contributed by atoms with Crippen LogP contribution in [0.5, 0.6) is 0 Å². The van der Waals surface area contributed by atoms with Gasteiger partial charge in [0.05, 0.1) is 12.0 Å². The zero-order chi connectivity index (χ0) is 10.4. The summed E-state index contributed by atoms with van der Waals surface area (Å²) in [6.45, 7) is 4.39. The predicted octanol–water partition coefficient (Wildman–Crippen LogP) is 3.73. The average molecular weight is 187 g/mol. The molecular formula is C13H17N. The molecule has 1 aromatic carbocycles. The van der Waals surface area contributed by atoms with Crippen LogP contribution in [-0.4, -0.2) is 0 Å². The lowest BCUT2D eigenvalue weighted by Crippen LogP contribution is -1.98. The molecule has 0 aliphatic carbocycles. The molecule has 0 radical (unpaired) electrons. The first kappa shape index (κ1) is 10.8. The van der Waals surface area contributed by atoms with Crippen LogP contribution < -0.4 is 0 Å². The van der Waals surface area contributed by atoms with Crippen LogP contribution in [0.25, 0.3) is 0 Å². The molecule has 0 saturated carbocycles. The van der Waals surface area contributed by atoms with Crippen molar-refractivity contribution in [1.82, 2.24) is 0 Å². The van der Waals surface area contributed by atoms with Crippen LogP contribution in [0.4, 0.5) is 0 Å². The molecule has 0 N–H and O–H groups in total. The summed E-state index contributed by atoms with van der Waals surface area (Å²) in [6.07, 6.45) is 2.09. The largest absolute Gasteiger partial charge is 0.198 e. The summed E-state index contributed by atoms with van der Waals surface area (Å²) >= 11 is 0. The highest BCUT2D eigenvalue weighted by atomic mass is 14.3. The van der Waals surface area contributed by atoms with Gasteiger partial charge in [0.25, 0.3) is 0 Å². The smallest absolute Gasteiger partial charge is 0.0712 e. The number of benzene rings is 1. The van der Waals surface area contributed by atoms with E-state index in [0.717, 1.165) is 18.4 Å². The average Bonchev–Trinajstić information content (AvgIpc) is 2.20. The normalized spacial score (nSPS) is 12.4. The van der Waals surface area contributed by atoms with Crippen molar-refractivity contribution in [2.45, 2.75) is 32.6 Å². The van der Waals surface area contributed by atoms with Crippen LogP contribution in [0.2, 0.25) is 0 Å². The number of nitriles is 1. The lowest BCUT2D eigenvalue weighted by atomic mass is 9.93. The highest BCUT2D eigenvalue weighted by Crippen LogP contribution is 2.22. The summed E-state index contributed by atoms with van der Waals surface area (Å²) in [4.78, 5) is 0. The minimum atomic E-state index is 0.0681. The van der Waals surface area contributed by atoms with Gasteiger partial charge >= 0.3 is 0 Å². The van der Waals surface area contributed by atoms with Gasteiger partial charge in [-0.3, -0.25) is 0 Å². The number of hydrogen-bond acceptors (Lipinski definition) is 1. The van der Waals surface area contributed by atoms with Gasteiger partial charge in [-0.2, -0.15) is 5.26 Å². The molecule has 0 fully saturated rings. The van der Waals surface area contributed by atoms with Crippen molar-refractivity contribution in [3.8, 4) is 6.07 Å². The van der Waals surface area contributed by atoms with Crippen molar-refractivity contribution in [3.63, 3.8) is 0 Å². The second-order valence-electron chi connectivity index (χ2n) is 4.06. The molecule has 1 rings (SSSR count). The highest BCUT2D eigenvalue weighted by molar-refractivity contribution is 5.24. The van der Waals surface area contributed by atoms with Crippen LogP contribution >= 0.6 is 0 Å². The number of nitrogens with zero attached hydrogens (tertiary/aromatic N) is 1. The molecule has 0 amide bonds. The maximum Gasteiger partial charge on any atom is 0.0712 e. The summed E-state index contributed by atoms with van der Waals surface area (Å²) in [5.41, 5.74) is 1.15. The van der Waals surface area contributed by atoms with E-state index >= 15 is 0 Å². The minimum Gasteiger partial charge on any atom is -0.198 e. The maximum atomic E-state index is 9.04. The third-order valence-electron chi connectivity index (χ3n) is 2.39. The SMILES string of the molecule is CC(C)CC[C@H](C#N)c1ccccc1. The second-order valence-corrected chi connectivity index (χ2v) is 4.06. The van der Waals surface area contributed by atoms with Gasteiger partial charge in [0, 0.05) is 0 Å². The van der Waals surface area contributed by atoms with Gasteiger partial charge < -0.3 is 0 Å². The molecule has 1 atom stereocenters. The van der Waals surface area contributed by atoms with Crippen LogP contribution in [0.3, 0.4) is 0 Å². The summed E-state index contributed by atoms with van der Waals surface area (Å²) in [5.74, 6) is 0.744. The van der Waals surface area contributed by atoms with Crippen LogP contribution in [0.15, 0.2) is 30.3 Å². The third kappa shape index (κ3) is 3.22. The monoisotopic (exact) mass is 187 g/mol. The molecule has 74 valence electrons. The predicted molar refractivity (Wildman–Crippen MR) is 58.9 cm³/mol. The molecule has 0 aliphatic rings. The van der Waals surface area contributed by atoms with Gasteiger partial charge in [-0.05, 0) is 24.3 Å². The van der Waals surface area contributed by atoms with E-state index in [2.05, 4.69) is 19.9 Å². The van der Waals surface area contributed by atoms with Crippen molar-refractivity contribution < 1.29 is 0 Å². The first-order valence-electron chi connectivity index (χ1n) is 5.18. The fraction of sp³-hybridized carbons (Fsp3) is 0.462. The Hall–Kier alpha value is -1.29. The van der Waals surface area contributed by atoms with E-state index in [4.69, 9.17) is 5.26 Å². The van der Waals surface area contributed by atoms with Gasteiger partial charge in [0.1, 0.15) is 0 Å². The van der Waals surface area contributed by atoms with Crippen molar-refractivity contribution in [2.24, 2.45) is 5.92 Å². The van der Waals surface area contributed by atoms with Crippen molar-refractivity contribution >= 4 is 0 Å². The molecule has 1 nitrogen and oxygen atoms in total. The van der Waals surface area contributed by atoms with Crippen LogP contribution in [-0.2, 0) is 0 Å². The minimum absolute atomic E-state index is 0.0681. The standard InChI is InChI=1S/C13H17N/c1-11(2)8-9-13(10-14)12-6-4-3-5-7-12/h3-7,11,13H,8-9H2,1-2H3/t13-/m1/s1. The zero-order valence-corrected chi connectivity index (χ0v) is 8.90. The molecule has 1 heteroatoms. The molecule has 0 spiro atoms. The van der Waals surface area contributed by atoms with E-state index in [-0.39, 0.29) is 5.92 Å². The summed E-state index contributed by atoms with van der Waals surface area (Å²) in [7, 11) is 0. The molecule has 0 bridgehead atoms. The van der Waals surface area contributed by atoms with E-state index < -0.39 is 0 Å². The van der Waals surface area contributed by atoms with Crippen molar-refractivity contribution in [1.29, 1.82) is 5.26 Å². The lowest BCUT2D eigenvalue weighted by molar-refractivity contribution is 0.537. The Morgan fingerprint density at radius 1 is 1.14 bits per heavy atom. The first-order chi connectivity index (χ1) is 6.74. The van der Waals surface area contributed by atoms with Gasteiger partial charge in [0.2, 0.25) is 0 Å². The molecule has 0 saturated heterocycles. The summed E-state index contributed by atoms with van der Waals surface area (Å²) in [5, 5.41) is 9.04. The zero-order valence-electron chi connectivity index (χ0n) is 8.90. The molecule has 14 heavy (non-hydrogen) atoms. The Kier molecular flexibility index (Phi) is 4.19. The topological polar surface area (TPSA) is 23.8 Å². The summed E-state index contributed by atoms with van der Waals surface area (Å²) in [6, 6.07) is 12.4. The Bertz CT molecular complexity index is 295. The third-order valence-corrected chi connectivity index (χ3v) is 2.39. The quantitative estimate of drug-likeness (QED) is 0.704. The second kappa shape index (κ2) is 5.44. The molecule has 0 heterocycles. The number of rotatable bonds is 4. The van der Waals surface area contributed by atoms with Crippen molar-refractivity contribution in [2.75, 3.05) is 0 Å². The number of hydrogen-bond donors (Lipinski definition) is 0. The summed E-state index contributed by atoms with van der Waals surface area (Å²) < 4.78 is 0. The van der Waals surface area contributed by atoms with E-state index in [1.165, 1.54) is 0 Å². The van der Waals surface area contributed by atoms with Crippen LogP contribution in [0, 0.1) is 17.2 Å². The van der Waals surface area contributed by atoms with E-state index in [1.807, 2.05) is 30.3 Å². The molecule has 0 aliphatic heterocycles. The van der Waals surface area contributed by atoms with E-state index in [1.54, 1.807) is 0 Å². The Labute approximate surface area is 86.4 Å². The Balaban J connectivity index is 2.60. The van der Waals surface area contributed by atoms with E-state index in [0.29, 0.717) is 5.92 Å². The maximum absolute atomic E-state index is 9.04. The lowest BCUT2D eigenvalue weighted by Gasteiger charge is -2.10. The van der Waals surface area contributed by atoms with Crippen LogP contribution in [0.1, 0.15) is 38.2 Å². The first-order valence-corrected chi connectivity index (χ1v) is 5.18. The fourth-order valence-electron chi connectivity index (χ4n) is 1.49. The highest BCUT2D eigenvalue weighted by Gasteiger charge is 2.10. The van der Waals surface area contributed by atoms with Gasteiger partial charge in [-0.15, -0.1) is 0 Å². The van der Waals surface area contributed by atoms with Gasteiger partial charge in [-0.1, -0.05) is 44.2 Å². The van der Waals surface area contributed by atoms with E-state index in [9.17, 15) is 0 Å². The Morgan fingerprint density at radius 2 is 1.79 bits per heavy atom. The van der Waals surface area contributed by atoms with Crippen molar-refractivity contribution in [3.05, 3.63) is 35.9 Å². The Morgan fingerprint density at radius 3 is 2.29 bits per heavy atom. The fourth-order valence-corrected chi connectivity index (χ4v) is 1.49. The van der Waals surface area contributed by atoms with Gasteiger partial charge in [-0.25, -0.2) is 0 Å². The molecular weight excluding hydrogens is 170 g/mol. The molecule has 0 unspecified atom stereocenters. The molecule has 1 aromatic rings.